The predicted molar refractivity (Wildman–Crippen MR) is 117 cm³/mol. The Morgan fingerprint density at radius 3 is 2.73 bits per heavy atom. The van der Waals surface area contributed by atoms with Crippen LogP contribution in [0.3, 0.4) is 0 Å². The zero-order valence-electron chi connectivity index (χ0n) is 16.2. The third-order valence-corrected chi connectivity index (χ3v) is 5.42. The molecule has 7 heteroatoms. The monoisotopic (exact) mass is 417 g/mol. The number of anilines is 1. The summed E-state index contributed by atoms with van der Waals surface area (Å²) in [6.45, 7) is 1.55. The Balaban J connectivity index is 1.33. The molecule has 4 aromatic rings. The Bertz CT molecular complexity index is 1190. The van der Waals surface area contributed by atoms with Crippen LogP contribution in [-0.2, 0) is 20.7 Å². The first-order valence-electron chi connectivity index (χ1n) is 9.42. The van der Waals surface area contributed by atoms with Gasteiger partial charge in [-0.25, -0.2) is 4.98 Å². The Hall–Kier alpha value is -3.58. The van der Waals surface area contributed by atoms with Crippen LogP contribution in [0.15, 0.2) is 72.4 Å². The number of carbonyl (C=O) groups is 2. The minimum absolute atomic E-state index is 0.00432. The first-order valence-corrected chi connectivity index (χ1v) is 10.3. The number of hydrogen-bond donors (Lipinski definition) is 1. The van der Waals surface area contributed by atoms with Crippen LogP contribution in [0.5, 0.6) is 0 Å². The molecule has 1 N–H and O–H groups in total. The van der Waals surface area contributed by atoms with Crippen LogP contribution in [0.2, 0.25) is 0 Å². The number of rotatable bonds is 6. The summed E-state index contributed by atoms with van der Waals surface area (Å²) in [6, 6.07) is 17.3. The second-order valence-electron chi connectivity index (χ2n) is 6.75. The van der Waals surface area contributed by atoms with Crippen LogP contribution in [0.4, 0.5) is 5.69 Å². The standard InChI is InChI=1S/C23H19N3O3S/c1-15(22(28)25-19-9-8-16-5-2-3-6-17(16)11-19)29-21(27)12-20-14-30-23(26-20)18-7-4-10-24-13-18/h2-11,13-15H,12H2,1H3,(H,25,28)/t15-/m0/s1. The highest BCUT2D eigenvalue weighted by atomic mass is 32.1. The van der Waals surface area contributed by atoms with E-state index in [9.17, 15) is 9.59 Å². The summed E-state index contributed by atoms with van der Waals surface area (Å²) < 4.78 is 5.29. The summed E-state index contributed by atoms with van der Waals surface area (Å²) >= 11 is 1.43. The molecule has 0 bridgehead atoms. The van der Waals surface area contributed by atoms with E-state index >= 15 is 0 Å². The highest BCUT2D eigenvalue weighted by Crippen LogP contribution is 2.23. The second-order valence-corrected chi connectivity index (χ2v) is 7.60. The van der Waals surface area contributed by atoms with Crippen molar-refractivity contribution in [3.63, 3.8) is 0 Å². The van der Waals surface area contributed by atoms with Crippen molar-refractivity contribution in [1.82, 2.24) is 9.97 Å². The topological polar surface area (TPSA) is 81.2 Å². The van der Waals surface area contributed by atoms with Crippen LogP contribution in [-0.4, -0.2) is 27.9 Å². The van der Waals surface area contributed by atoms with Crippen molar-refractivity contribution in [2.24, 2.45) is 0 Å². The quantitative estimate of drug-likeness (QED) is 0.468. The van der Waals surface area contributed by atoms with E-state index in [1.165, 1.54) is 11.3 Å². The smallest absolute Gasteiger partial charge is 0.312 e. The van der Waals surface area contributed by atoms with Gasteiger partial charge in [0, 0.05) is 29.0 Å². The van der Waals surface area contributed by atoms with Crippen molar-refractivity contribution in [1.29, 1.82) is 0 Å². The van der Waals surface area contributed by atoms with Gasteiger partial charge in [0.2, 0.25) is 0 Å². The molecule has 4 rings (SSSR count). The molecule has 0 aliphatic rings. The van der Waals surface area contributed by atoms with E-state index in [0.717, 1.165) is 21.3 Å². The van der Waals surface area contributed by atoms with Crippen molar-refractivity contribution in [3.8, 4) is 10.6 Å². The van der Waals surface area contributed by atoms with E-state index in [-0.39, 0.29) is 12.3 Å². The minimum atomic E-state index is -0.916. The summed E-state index contributed by atoms with van der Waals surface area (Å²) in [4.78, 5) is 33.2. The fourth-order valence-electron chi connectivity index (χ4n) is 2.96. The molecule has 150 valence electrons. The fraction of sp³-hybridized carbons (Fsp3) is 0.130. The fourth-order valence-corrected chi connectivity index (χ4v) is 3.77. The number of amides is 1. The lowest BCUT2D eigenvalue weighted by molar-refractivity contribution is -0.152. The number of fused-ring (bicyclic) bond motifs is 1. The molecular formula is C23H19N3O3S. The Kier molecular flexibility index (Phi) is 5.81. The molecule has 30 heavy (non-hydrogen) atoms. The van der Waals surface area contributed by atoms with E-state index in [1.54, 1.807) is 19.3 Å². The number of benzene rings is 2. The van der Waals surface area contributed by atoms with Crippen LogP contribution in [0.25, 0.3) is 21.3 Å². The normalized spacial score (nSPS) is 11.8. The molecule has 0 saturated carbocycles. The van der Waals surface area contributed by atoms with Gasteiger partial charge in [0.25, 0.3) is 5.91 Å². The first-order chi connectivity index (χ1) is 14.6. The molecule has 0 unspecified atom stereocenters. The number of hydrogen-bond acceptors (Lipinski definition) is 6. The summed E-state index contributed by atoms with van der Waals surface area (Å²) in [5.41, 5.74) is 2.15. The van der Waals surface area contributed by atoms with Crippen molar-refractivity contribution < 1.29 is 14.3 Å². The van der Waals surface area contributed by atoms with Gasteiger partial charge in [-0.3, -0.25) is 14.6 Å². The highest BCUT2D eigenvalue weighted by molar-refractivity contribution is 7.13. The van der Waals surface area contributed by atoms with Crippen LogP contribution < -0.4 is 5.32 Å². The molecule has 0 fully saturated rings. The van der Waals surface area contributed by atoms with E-state index in [1.807, 2.05) is 60.0 Å². The van der Waals surface area contributed by atoms with Gasteiger partial charge < -0.3 is 10.1 Å². The summed E-state index contributed by atoms with van der Waals surface area (Å²) in [5, 5.41) is 7.49. The Labute approximate surface area is 177 Å². The lowest BCUT2D eigenvalue weighted by Crippen LogP contribution is -2.30. The minimum Gasteiger partial charge on any atom is -0.452 e. The van der Waals surface area contributed by atoms with Crippen molar-refractivity contribution in [2.75, 3.05) is 5.32 Å². The van der Waals surface area contributed by atoms with E-state index in [0.29, 0.717) is 11.4 Å². The largest absolute Gasteiger partial charge is 0.452 e. The van der Waals surface area contributed by atoms with Crippen molar-refractivity contribution in [3.05, 3.63) is 78.1 Å². The summed E-state index contributed by atoms with van der Waals surface area (Å²) in [7, 11) is 0. The van der Waals surface area contributed by atoms with Gasteiger partial charge >= 0.3 is 5.97 Å². The molecule has 0 saturated heterocycles. The molecular weight excluding hydrogens is 398 g/mol. The zero-order valence-corrected chi connectivity index (χ0v) is 17.1. The maximum atomic E-state index is 12.4. The number of nitrogens with zero attached hydrogens (tertiary/aromatic N) is 2. The molecule has 0 radical (unpaired) electrons. The number of carbonyl (C=O) groups excluding carboxylic acids is 2. The zero-order chi connectivity index (χ0) is 20.9. The molecule has 2 heterocycles. The van der Waals surface area contributed by atoms with Gasteiger partial charge in [-0.1, -0.05) is 30.3 Å². The van der Waals surface area contributed by atoms with Gasteiger partial charge in [-0.05, 0) is 42.0 Å². The van der Waals surface area contributed by atoms with Gasteiger partial charge in [0.05, 0.1) is 12.1 Å². The molecule has 0 aliphatic heterocycles. The molecule has 2 aromatic carbocycles. The Morgan fingerprint density at radius 2 is 1.93 bits per heavy atom. The second kappa shape index (κ2) is 8.84. The number of nitrogens with one attached hydrogen (secondary N) is 1. The molecule has 0 spiro atoms. The Morgan fingerprint density at radius 1 is 1.10 bits per heavy atom. The maximum Gasteiger partial charge on any atom is 0.312 e. The molecule has 1 atom stereocenters. The molecule has 2 aromatic heterocycles. The van der Waals surface area contributed by atoms with E-state index in [4.69, 9.17) is 4.74 Å². The van der Waals surface area contributed by atoms with E-state index < -0.39 is 12.1 Å². The lowest BCUT2D eigenvalue weighted by Gasteiger charge is -2.13. The van der Waals surface area contributed by atoms with Gasteiger partial charge in [-0.2, -0.15) is 0 Å². The van der Waals surface area contributed by atoms with Crippen LogP contribution in [0.1, 0.15) is 12.6 Å². The van der Waals surface area contributed by atoms with Gasteiger partial charge in [0.1, 0.15) is 5.01 Å². The highest BCUT2D eigenvalue weighted by Gasteiger charge is 2.19. The molecule has 0 aliphatic carbocycles. The van der Waals surface area contributed by atoms with E-state index in [2.05, 4.69) is 15.3 Å². The number of pyridine rings is 1. The van der Waals surface area contributed by atoms with Gasteiger partial charge in [0.15, 0.2) is 6.10 Å². The van der Waals surface area contributed by atoms with Crippen molar-refractivity contribution >= 4 is 39.7 Å². The first kappa shape index (κ1) is 19.7. The van der Waals surface area contributed by atoms with Crippen LogP contribution in [0, 0.1) is 0 Å². The third-order valence-electron chi connectivity index (χ3n) is 4.48. The average Bonchev–Trinajstić information content (AvgIpc) is 3.22. The number of esters is 1. The maximum absolute atomic E-state index is 12.4. The SMILES string of the molecule is C[C@H](OC(=O)Cc1csc(-c2cccnc2)n1)C(=O)Nc1ccc2ccccc2c1. The number of thiazole rings is 1. The molecule has 6 nitrogen and oxygen atoms in total. The summed E-state index contributed by atoms with van der Waals surface area (Å²) in [6.07, 6.45) is 2.50. The summed E-state index contributed by atoms with van der Waals surface area (Å²) in [5.74, 6) is -0.882. The molecule has 1 amide bonds. The third kappa shape index (κ3) is 4.69. The predicted octanol–water partition coefficient (Wildman–Crippen LogP) is 4.47. The van der Waals surface area contributed by atoms with Gasteiger partial charge in [-0.15, -0.1) is 11.3 Å². The lowest BCUT2D eigenvalue weighted by atomic mass is 10.1. The van der Waals surface area contributed by atoms with Crippen molar-refractivity contribution in [2.45, 2.75) is 19.4 Å². The average molecular weight is 417 g/mol. The van der Waals surface area contributed by atoms with Crippen LogP contribution >= 0.6 is 11.3 Å². The number of aromatic nitrogens is 2. The number of ether oxygens (including phenoxy) is 1.